The Morgan fingerprint density at radius 2 is 2.25 bits per heavy atom. The average Bonchev–Trinajstić information content (AvgIpc) is 2.98. The van der Waals surface area contributed by atoms with Gasteiger partial charge in [-0.15, -0.1) is 0 Å². The van der Waals surface area contributed by atoms with E-state index >= 15 is 0 Å². The highest BCUT2D eigenvalue weighted by Gasteiger charge is 2.33. The van der Waals surface area contributed by atoms with Crippen LogP contribution < -0.4 is 5.32 Å². The first-order valence-corrected chi connectivity index (χ1v) is 8.57. The molecule has 3 heterocycles. The van der Waals surface area contributed by atoms with Crippen LogP contribution in [-0.4, -0.2) is 44.9 Å². The van der Waals surface area contributed by atoms with Gasteiger partial charge < -0.3 is 9.84 Å². The lowest BCUT2D eigenvalue weighted by Gasteiger charge is -2.16. The van der Waals surface area contributed by atoms with Crippen molar-refractivity contribution in [2.24, 2.45) is 13.0 Å². The highest BCUT2D eigenvalue weighted by atomic mass is 16.5. The van der Waals surface area contributed by atoms with Gasteiger partial charge in [-0.05, 0) is 24.8 Å². The van der Waals surface area contributed by atoms with Gasteiger partial charge in [-0.2, -0.15) is 5.10 Å². The minimum Gasteiger partial charge on any atom is -0.360 e. The third-order valence-electron chi connectivity index (χ3n) is 5.05. The normalized spacial score (nSPS) is 24.4. The molecule has 0 spiro atoms. The van der Waals surface area contributed by atoms with Crippen LogP contribution in [0.4, 0.5) is 0 Å². The molecule has 2 aliphatic rings. The minimum absolute atomic E-state index is 0.131. The summed E-state index contributed by atoms with van der Waals surface area (Å²) in [5.74, 6) is 1.58. The Bertz CT molecular complexity index is 733. The molecule has 0 bridgehead atoms. The van der Waals surface area contributed by atoms with Crippen LogP contribution in [0.1, 0.15) is 47.6 Å². The van der Waals surface area contributed by atoms with Crippen LogP contribution in [0.3, 0.4) is 0 Å². The van der Waals surface area contributed by atoms with Crippen molar-refractivity contribution in [1.29, 1.82) is 0 Å². The highest BCUT2D eigenvalue weighted by molar-refractivity contribution is 5.92. The Labute approximate surface area is 141 Å². The van der Waals surface area contributed by atoms with Crippen LogP contribution in [0.15, 0.2) is 22.9 Å². The molecule has 1 saturated carbocycles. The van der Waals surface area contributed by atoms with Gasteiger partial charge in [0.25, 0.3) is 5.91 Å². The molecular formula is C17H23N5O2. The molecule has 24 heavy (non-hydrogen) atoms. The molecule has 128 valence electrons. The zero-order valence-electron chi connectivity index (χ0n) is 14.1. The summed E-state index contributed by atoms with van der Waals surface area (Å²) < 4.78 is 7.17. The Kier molecular flexibility index (Phi) is 3.88. The number of aromatic nitrogens is 3. The lowest BCUT2D eigenvalue weighted by Crippen LogP contribution is -2.40. The van der Waals surface area contributed by atoms with Gasteiger partial charge in [-0.1, -0.05) is 12.1 Å². The Hall–Kier alpha value is -2.15. The van der Waals surface area contributed by atoms with Crippen LogP contribution in [0.2, 0.25) is 0 Å². The summed E-state index contributed by atoms with van der Waals surface area (Å²) in [6, 6.07) is 3.96. The van der Waals surface area contributed by atoms with Crippen molar-refractivity contribution in [3.05, 3.63) is 35.5 Å². The number of nitrogens with one attached hydrogen (secondary N) is 1. The van der Waals surface area contributed by atoms with E-state index in [0.717, 1.165) is 38.2 Å². The van der Waals surface area contributed by atoms with Crippen LogP contribution in [0.25, 0.3) is 0 Å². The fourth-order valence-electron chi connectivity index (χ4n) is 3.37. The third kappa shape index (κ3) is 3.08. The SMILES string of the molecule is C[C@H]1CN(Cc2ccnn2C)C[C@@H]1NC(=O)c1cc(C2CC2)on1. The molecule has 1 N–H and O–H groups in total. The molecule has 7 nitrogen and oxygen atoms in total. The van der Waals surface area contributed by atoms with Gasteiger partial charge in [0.2, 0.25) is 0 Å². The number of likely N-dealkylation sites (tertiary alicyclic amines) is 1. The van der Waals surface area contributed by atoms with E-state index in [-0.39, 0.29) is 11.9 Å². The Morgan fingerprint density at radius 3 is 2.96 bits per heavy atom. The molecule has 0 aromatic carbocycles. The van der Waals surface area contributed by atoms with Crippen molar-refractivity contribution < 1.29 is 9.32 Å². The number of hydrogen-bond donors (Lipinski definition) is 1. The molecule has 0 radical (unpaired) electrons. The fraction of sp³-hybridized carbons (Fsp3) is 0.588. The van der Waals surface area contributed by atoms with E-state index in [1.165, 1.54) is 5.69 Å². The summed E-state index contributed by atoms with van der Waals surface area (Å²) >= 11 is 0. The summed E-state index contributed by atoms with van der Waals surface area (Å²) in [4.78, 5) is 14.8. The van der Waals surface area contributed by atoms with E-state index in [1.807, 2.05) is 24.0 Å². The van der Waals surface area contributed by atoms with E-state index in [0.29, 0.717) is 17.5 Å². The molecule has 2 aromatic heterocycles. The number of amides is 1. The molecule has 1 amide bonds. The molecule has 4 rings (SSSR count). The van der Waals surface area contributed by atoms with Gasteiger partial charge in [-0.3, -0.25) is 14.4 Å². The summed E-state index contributed by atoms with van der Waals surface area (Å²) in [6.07, 6.45) is 4.09. The number of aryl methyl sites for hydroxylation is 1. The lowest BCUT2D eigenvalue weighted by atomic mass is 10.1. The van der Waals surface area contributed by atoms with E-state index < -0.39 is 0 Å². The van der Waals surface area contributed by atoms with Crippen LogP contribution in [0, 0.1) is 5.92 Å². The number of rotatable bonds is 5. The predicted molar refractivity (Wildman–Crippen MR) is 87.4 cm³/mol. The second-order valence-corrected chi connectivity index (χ2v) is 7.09. The van der Waals surface area contributed by atoms with Gasteiger partial charge >= 0.3 is 0 Å². The first kappa shape index (κ1) is 15.4. The predicted octanol–water partition coefficient (Wildman–Crippen LogP) is 1.54. The smallest absolute Gasteiger partial charge is 0.273 e. The van der Waals surface area contributed by atoms with E-state index in [1.54, 1.807) is 6.07 Å². The topological polar surface area (TPSA) is 76.2 Å². The summed E-state index contributed by atoms with van der Waals surface area (Å²) in [5.41, 5.74) is 1.58. The molecule has 1 saturated heterocycles. The zero-order valence-corrected chi connectivity index (χ0v) is 14.1. The van der Waals surface area contributed by atoms with Gasteiger partial charge in [0.1, 0.15) is 5.76 Å². The van der Waals surface area contributed by atoms with E-state index in [9.17, 15) is 4.79 Å². The number of carbonyl (C=O) groups excluding carboxylic acids is 1. The maximum Gasteiger partial charge on any atom is 0.273 e. The maximum absolute atomic E-state index is 12.4. The largest absolute Gasteiger partial charge is 0.360 e. The molecule has 0 unspecified atom stereocenters. The molecular weight excluding hydrogens is 306 g/mol. The highest BCUT2D eigenvalue weighted by Crippen LogP contribution is 2.40. The van der Waals surface area contributed by atoms with Gasteiger partial charge in [0.05, 0.1) is 5.69 Å². The van der Waals surface area contributed by atoms with Gasteiger partial charge in [-0.25, -0.2) is 0 Å². The first-order valence-electron chi connectivity index (χ1n) is 8.57. The van der Waals surface area contributed by atoms with E-state index in [2.05, 4.69) is 27.4 Å². The third-order valence-corrected chi connectivity index (χ3v) is 5.05. The van der Waals surface area contributed by atoms with Crippen molar-refractivity contribution in [3.63, 3.8) is 0 Å². The van der Waals surface area contributed by atoms with Gasteiger partial charge in [0, 0.05) is 50.9 Å². The molecule has 7 heteroatoms. The van der Waals surface area contributed by atoms with Crippen LogP contribution in [0.5, 0.6) is 0 Å². The summed E-state index contributed by atoms with van der Waals surface area (Å²) in [6.45, 7) is 4.82. The minimum atomic E-state index is -0.134. The molecule has 2 atom stereocenters. The molecule has 1 aliphatic heterocycles. The summed E-state index contributed by atoms with van der Waals surface area (Å²) in [7, 11) is 1.95. The first-order chi connectivity index (χ1) is 11.6. The van der Waals surface area contributed by atoms with Gasteiger partial charge in [0.15, 0.2) is 5.69 Å². The standard InChI is InChI=1S/C17H23N5O2/c1-11-8-22(9-13-5-6-18-21(13)2)10-15(11)19-17(23)14-7-16(24-20-14)12-3-4-12/h5-7,11-12,15H,3-4,8-10H2,1-2H3,(H,19,23)/t11-,15-/m0/s1. The molecule has 2 aromatic rings. The lowest BCUT2D eigenvalue weighted by molar-refractivity contribution is 0.0922. The Balaban J connectivity index is 1.35. The fourth-order valence-corrected chi connectivity index (χ4v) is 3.37. The molecule has 1 aliphatic carbocycles. The molecule has 2 fully saturated rings. The zero-order chi connectivity index (χ0) is 16.7. The van der Waals surface area contributed by atoms with Crippen LogP contribution in [-0.2, 0) is 13.6 Å². The maximum atomic E-state index is 12.4. The van der Waals surface area contributed by atoms with E-state index in [4.69, 9.17) is 4.52 Å². The van der Waals surface area contributed by atoms with Crippen molar-refractivity contribution in [2.75, 3.05) is 13.1 Å². The summed E-state index contributed by atoms with van der Waals surface area (Å²) in [5, 5.41) is 11.2. The number of hydrogen-bond acceptors (Lipinski definition) is 5. The van der Waals surface area contributed by atoms with Crippen LogP contribution >= 0.6 is 0 Å². The number of nitrogens with zero attached hydrogens (tertiary/aromatic N) is 4. The number of carbonyl (C=O) groups is 1. The Morgan fingerprint density at radius 1 is 1.42 bits per heavy atom. The monoisotopic (exact) mass is 329 g/mol. The second kappa shape index (κ2) is 6.05. The second-order valence-electron chi connectivity index (χ2n) is 7.09. The van der Waals surface area contributed by atoms with Crippen molar-refractivity contribution in [2.45, 2.75) is 38.3 Å². The van der Waals surface area contributed by atoms with Crippen molar-refractivity contribution in [1.82, 2.24) is 25.2 Å². The van der Waals surface area contributed by atoms with Crippen molar-refractivity contribution in [3.8, 4) is 0 Å². The average molecular weight is 329 g/mol. The quantitative estimate of drug-likeness (QED) is 0.900. The van der Waals surface area contributed by atoms with Crippen molar-refractivity contribution >= 4 is 5.91 Å².